The monoisotopic (exact) mass is 438 g/mol. The number of methoxy groups -OCH3 is 2. The van der Waals surface area contributed by atoms with E-state index < -0.39 is 0 Å². The maximum Gasteiger partial charge on any atom is 0.305 e. The molecule has 1 aromatic carbocycles. The number of rotatable bonds is 9. The molecule has 0 bridgehead atoms. The third kappa shape index (κ3) is 5.99. The first-order valence-electron chi connectivity index (χ1n) is 11.3. The lowest BCUT2D eigenvalue weighted by atomic mass is 9.95. The number of nitrogens with zero attached hydrogens (tertiary/aromatic N) is 3. The van der Waals surface area contributed by atoms with Crippen LogP contribution in [0.3, 0.4) is 0 Å². The molecule has 0 radical (unpaired) electrons. The summed E-state index contributed by atoms with van der Waals surface area (Å²) in [5, 5.41) is 4.88. The van der Waals surface area contributed by atoms with E-state index >= 15 is 0 Å². The van der Waals surface area contributed by atoms with Gasteiger partial charge in [-0.1, -0.05) is 31.4 Å². The summed E-state index contributed by atoms with van der Waals surface area (Å²) in [5.74, 6) is 0.560. The Labute approximate surface area is 190 Å². The van der Waals surface area contributed by atoms with E-state index in [-0.39, 0.29) is 12.4 Å². The molecule has 0 spiro atoms. The molecule has 1 aromatic heterocycles. The van der Waals surface area contributed by atoms with Crippen molar-refractivity contribution < 1.29 is 14.3 Å². The molecule has 2 N–H and O–H groups in total. The Kier molecular flexibility index (Phi) is 8.48. The van der Waals surface area contributed by atoms with Gasteiger partial charge < -0.3 is 15.2 Å². The third-order valence-corrected chi connectivity index (χ3v) is 5.92. The van der Waals surface area contributed by atoms with Crippen LogP contribution < -0.4 is 10.5 Å². The number of esters is 1. The van der Waals surface area contributed by atoms with Gasteiger partial charge in [0.2, 0.25) is 0 Å². The maximum absolute atomic E-state index is 11.8. The van der Waals surface area contributed by atoms with Gasteiger partial charge >= 0.3 is 5.97 Å². The molecule has 0 saturated heterocycles. The van der Waals surface area contributed by atoms with Gasteiger partial charge in [0.1, 0.15) is 5.75 Å². The molecule has 0 aliphatic heterocycles. The van der Waals surface area contributed by atoms with Crippen molar-refractivity contribution in [3.8, 4) is 5.75 Å². The highest BCUT2D eigenvalue weighted by Crippen LogP contribution is 2.25. The Hall–Kier alpha value is -3.09. The van der Waals surface area contributed by atoms with Crippen molar-refractivity contribution in [3.05, 3.63) is 53.0 Å². The van der Waals surface area contributed by atoms with Crippen LogP contribution in [0.4, 0.5) is 0 Å². The molecule has 1 heterocycles. The number of benzene rings is 1. The van der Waals surface area contributed by atoms with Crippen molar-refractivity contribution in [1.29, 1.82) is 0 Å². The van der Waals surface area contributed by atoms with Gasteiger partial charge in [-0.25, -0.2) is 0 Å². The molecule has 32 heavy (non-hydrogen) atoms. The van der Waals surface area contributed by atoms with Gasteiger partial charge in [-0.3, -0.25) is 14.5 Å². The molecule has 0 unspecified atom stereocenters. The Morgan fingerprint density at radius 3 is 2.56 bits per heavy atom. The third-order valence-electron chi connectivity index (χ3n) is 5.92. The molecular weight excluding hydrogens is 404 g/mol. The van der Waals surface area contributed by atoms with Gasteiger partial charge in [0, 0.05) is 17.7 Å². The summed E-state index contributed by atoms with van der Waals surface area (Å²) in [4.78, 5) is 16.9. The van der Waals surface area contributed by atoms with Crippen molar-refractivity contribution in [3.63, 3.8) is 0 Å². The molecule has 172 valence electrons. The number of nitrogens with two attached hydrogens (primary N) is 1. The van der Waals surface area contributed by atoms with Crippen molar-refractivity contribution in [2.45, 2.75) is 64.5 Å². The number of aliphatic imine (C=N–C) groups is 1. The second-order valence-corrected chi connectivity index (χ2v) is 8.15. The van der Waals surface area contributed by atoms with Gasteiger partial charge in [-0.05, 0) is 49.7 Å². The van der Waals surface area contributed by atoms with Crippen LogP contribution in [0.15, 0.2) is 35.5 Å². The summed E-state index contributed by atoms with van der Waals surface area (Å²) >= 11 is 0. The van der Waals surface area contributed by atoms with Crippen LogP contribution in [-0.4, -0.2) is 41.7 Å². The van der Waals surface area contributed by atoms with Crippen LogP contribution in [0.2, 0.25) is 0 Å². The van der Waals surface area contributed by atoms with Gasteiger partial charge in [-0.15, -0.1) is 0 Å². The summed E-state index contributed by atoms with van der Waals surface area (Å²) in [6.07, 6.45) is 10.1. The van der Waals surface area contributed by atoms with E-state index in [2.05, 4.69) is 0 Å². The van der Waals surface area contributed by atoms with Crippen molar-refractivity contribution in [2.24, 2.45) is 10.7 Å². The fraction of sp³-hybridized carbons (Fsp3) is 0.480. The zero-order chi connectivity index (χ0) is 22.9. The number of hydrogen-bond acceptors (Lipinski definition) is 6. The van der Waals surface area contributed by atoms with Crippen LogP contribution >= 0.6 is 0 Å². The smallest absolute Gasteiger partial charge is 0.305 e. The second kappa shape index (κ2) is 11.5. The summed E-state index contributed by atoms with van der Waals surface area (Å²) in [6, 6.07) is 8.26. The lowest BCUT2D eigenvalue weighted by Crippen LogP contribution is -2.14. The molecule has 1 saturated carbocycles. The normalized spacial score (nSPS) is 15.3. The molecule has 7 nitrogen and oxygen atoms in total. The highest BCUT2D eigenvalue weighted by atomic mass is 16.5. The van der Waals surface area contributed by atoms with Crippen LogP contribution in [0.5, 0.6) is 5.75 Å². The van der Waals surface area contributed by atoms with Gasteiger partial charge in [-0.2, -0.15) is 5.10 Å². The number of hydrogen-bond donors (Lipinski definition) is 1. The molecule has 3 rings (SSSR count). The first kappa shape index (κ1) is 23.6. The Balaban J connectivity index is 1.99. The molecular formula is C25H34N4O3. The number of carbonyl (C=O) groups excluding carboxylic acids is 1. The van der Waals surface area contributed by atoms with Gasteiger partial charge in [0.05, 0.1) is 44.6 Å². The average Bonchev–Trinajstić information content (AvgIpc) is 3.15. The van der Waals surface area contributed by atoms with Crippen molar-refractivity contribution >= 4 is 17.8 Å². The first-order chi connectivity index (χ1) is 15.5. The topological polar surface area (TPSA) is 91.7 Å². The average molecular weight is 439 g/mol. The molecule has 1 fully saturated rings. The molecule has 0 amide bonds. The van der Waals surface area contributed by atoms with Crippen molar-refractivity contribution in [2.75, 3.05) is 14.2 Å². The van der Waals surface area contributed by atoms with E-state index in [4.69, 9.17) is 25.3 Å². The van der Waals surface area contributed by atoms with Crippen LogP contribution in [0.1, 0.15) is 68.0 Å². The molecule has 1 aliphatic carbocycles. The lowest BCUT2D eigenvalue weighted by Gasteiger charge is -2.19. The predicted molar refractivity (Wildman–Crippen MR) is 127 cm³/mol. The molecule has 2 aromatic rings. The maximum atomic E-state index is 11.8. The number of aryl methyl sites for hydroxylation is 1. The fourth-order valence-corrected chi connectivity index (χ4v) is 4.25. The Bertz CT molecular complexity index is 954. The summed E-state index contributed by atoms with van der Waals surface area (Å²) in [5.41, 5.74) is 10.6. The van der Waals surface area contributed by atoms with E-state index in [0.29, 0.717) is 19.0 Å². The molecule has 7 heteroatoms. The zero-order valence-corrected chi connectivity index (χ0v) is 19.3. The summed E-state index contributed by atoms with van der Waals surface area (Å²) in [6.45, 7) is 2.62. The Morgan fingerprint density at radius 1 is 1.22 bits per heavy atom. The lowest BCUT2D eigenvalue weighted by molar-refractivity contribution is -0.140. The molecule has 0 atom stereocenters. The minimum absolute atomic E-state index is 0.251. The highest BCUT2D eigenvalue weighted by molar-refractivity contribution is 6.02. The summed E-state index contributed by atoms with van der Waals surface area (Å²) in [7, 11) is 3.06. The van der Waals surface area contributed by atoms with E-state index in [1.807, 2.05) is 41.9 Å². The number of aromatic nitrogens is 2. The quantitative estimate of drug-likeness (QED) is 0.470. The predicted octanol–water partition coefficient (Wildman–Crippen LogP) is 4.12. The summed E-state index contributed by atoms with van der Waals surface area (Å²) < 4.78 is 12.0. The largest absolute Gasteiger partial charge is 0.497 e. The Morgan fingerprint density at radius 2 is 1.94 bits per heavy atom. The van der Waals surface area contributed by atoms with E-state index in [9.17, 15) is 4.79 Å². The number of ether oxygens (including phenoxy) is 2. The first-order valence-corrected chi connectivity index (χ1v) is 11.3. The van der Waals surface area contributed by atoms with Crippen molar-refractivity contribution in [1.82, 2.24) is 9.78 Å². The zero-order valence-electron chi connectivity index (χ0n) is 19.3. The van der Waals surface area contributed by atoms with Crippen LogP contribution in [0.25, 0.3) is 6.08 Å². The molecule has 1 aliphatic rings. The van der Waals surface area contributed by atoms with Gasteiger partial charge in [0.25, 0.3) is 0 Å². The van der Waals surface area contributed by atoms with E-state index in [1.54, 1.807) is 7.11 Å². The highest BCUT2D eigenvalue weighted by Gasteiger charge is 2.21. The number of carbonyl (C=O) groups is 1. The minimum atomic E-state index is -0.251. The van der Waals surface area contributed by atoms with E-state index in [1.165, 1.54) is 32.6 Å². The fourth-order valence-electron chi connectivity index (χ4n) is 4.25. The minimum Gasteiger partial charge on any atom is -0.497 e. The van der Waals surface area contributed by atoms with E-state index in [0.717, 1.165) is 46.8 Å². The standard InChI is InChI=1S/C25H34N4O3/c1-18(27-20-7-5-4-6-8-20)25-22(13-14-24(30)32-3)28-29(23(25)15-16-26)17-19-9-11-21(31-2)12-10-19/h9-12,15-16,20H,4-8,13-14,17,26H2,1-3H3. The van der Waals surface area contributed by atoms with Crippen LogP contribution in [-0.2, 0) is 22.5 Å². The van der Waals surface area contributed by atoms with Gasteiger partial charge in [0.15, 0.2) is 0 Å². The second-order valence-electron chi connectivity index (χ2n) is 8.15. The SMILES string of the molecule is COC(=O)CCc1nn(Cc2ccc(OC)cc2)c(C=CN)c1C(C)=NC1CCCCC1. The van der Waals surface area contributed by atoms with Crippen LogP contribution in [0, 0.1) is 0 Å².